The van der Waals surface area contributed by atoms with Gasteiger partial charge in [0.15, 0.2) is 5.11 Å². The monoisotopic (exact) mass is 352 g/mol. The fraction of sp³-hybridized carbons (Fsp3) is 0.357. The maximum absolute atomic E-state index is 12.4. The number of amides is 1. The van der Waals surface area contributed by atoms with Crippen LogP contribution in [0.25, 0.3) is 0 Å². The Kier molecular flexibility index (Phi) is 4.07. The summed E-state index contributed by atoms with van der Waals surface area (Å²) in [6.45, 7) is 2.34. The summed E-state index contributed by atoms with van der Waals surface area (Å²) in [6.07, 6.45) is 1.47. The summed E-state index contributed by atoms with van der Waals surface area (Å²) < 4.78 is 27.4. The van der Waals surface area contributed by atoms with Gasteiger partial charge in [0.2, 0.25) is 0 Å². The van der Waals surface area contributed by atoms with Crippen LogP contribution in [-0.4, -0.2) is 37.9 Å². The number of amidine groups is 1. The summed E-state index contributed by atoms with van der Waals surface area (Å²) in [7, 11) is -3.73. The molecule has 1 amide bonds. The van der Waals surface area contributed by atoms with Gasteiger partial charge in [-0.2, -0.15) is 0 Å². The van der Waals surface area contributed by atoms with Crippen LogP contribution in [0.1, 0.15) is 19.8 Å². The van der Waals surface area contributed by atoms with E-state index in [1.165, 1.54) is 17.0 Å². The molecule has 122 valence electrons. The van der Waals surface area contributed by atoms with Crippen LogP contribution in [0.3, 0.4) is 0 Å². The van der Waals surface area contributed by atoms with Crippen LogP contribution in [-0.2, 0) is 14.8 Å². The molecule has 1 saturated heterocycles. The number of nitrogens with zero attached hydrogens (tertiary/aromatic N) is 2. The third-order valence-electron chi connectivity index (χ3n) is 3.65. The van der Waals surface area contributed by atoms with Gasteiger partial charge in [-0.25, -0.2) is 8.42 Å². The highest BCUT2D eigenvalue weighted by Gasteiger charge is 2.33. The third kappa shape index (κ3) is 3.06. The molecule has 1 aromatic carbocycles. The van der Waals surface area contributed by atoms with Gasteiger partial charge in [-0.3, -0.25) is 19.4 Å². The maximum Gasteiger partial charge on any atom is 0.262 e. The minimum atomic E-state index is -3.73. The molecule has 0 radical (unpaired) electrons. The smallest absolute Gasteiger partial charge is 0.262 e. The highest BCUT2D eigenvalue weighted by atomic mass is 32.2. The molecule has 3 rings (SSSR count). The number of aliphatic imine (C=N–C) groups is 1. The molecule has 0 bridgehead atoms. The summed E-state index contributed by atoms with van der Waals surface area (Å²) in [5.41, 5.74) is 0.424. The summed E-state index contributed by atoms with van der Waals surface area (Å²) >= 11 is 5.14. The fourth-order valence-corrected chi connectivity index (χ4v) is 3.98. The number of rotatable bonds is 3. The van der Waals surface area contributed by atoms with Crippen molar-refractivity contribution in [3.8, 4) is 0 Å². The van der Waals surface area contributed by atoms with E-state index in [-0.39, 0.29) is 15.9 Å². The van der Waals surface area contributed by atoms with E-state index in [9.17, 15) is 13.2 Å². The SMILES string of the molecule is C[C@@H]1NC(=S)N(c2cccc(S(=O)(=O)NC3=NCCC3)c2)C1=O. The minimum absolute atomic E-state index is 0.0692. The van der Waals surface area contributed by atoms with Crippen LogP contribution in [0.15, 0.2) is 34.2 Å². The molecule has 0 aromatic heterocycles. The van der Waals surface area contributed by atoms with E-state index in [0.717, 1.165) is 6.42 Å². The van der Waals surface area contributed by atoms with Crippen molar-refractivity contribution in [2.75, 3.05) is 11.4 Å². The van der Waals surface area contributed by atoms with Crippen molar-refractivity contribution in [2.24, 2.45) is 4.99 Å². The minimum Gasteiger partial charge on any atom is -0.350 e. The molecular weight excluding hydrogens is 336 g/mol. The lowest BCUT2D eigenvalue weighted by molar-refractivity contribution is -0.117. The van der Waals surface area contributed by atoms with Gasteiger partial charge in [-0.1, -0.05) is 6.07 Å². The van der Waals surface area contributed by atoms with Crippen LogP contribution in [0, 0.1) is 0 Å². The Labute approximate surface area is 139 Å². The predicted octanol–water partition coefficient (Wildman–Crippen LogP) is 0.767. The predicted molar refractivity (Wildman–Crippen MR) is 91.0 cm³/mol. The Morgan fingerprint density at radius 3 is 2.83 bits per heavy atom. The van der Waals surface area contributed by atoms with E-state index in [4.69, 9.17) is 12.2 Å². The number of nitrogens with one attached hydrogen (secondary N) is 2. The first-order valence-electron chi connectivity index (χ1n) is 7.19. The van der Waals surface area contributed by atoms with Crippen molar-refractivity contribution in [2.45, 2.75) is 30.7 Å². The van der Waals surface area contributed by atoms with Crippen LogP contribution in [0.4, 0.5) is 5.69 Å². The van der Waals surface area contributed by atoms with E-state index >= 15 is 0 Å². The van der Waals surface area contributed by atoms with E-state index in [1.54, 1.807) is 19.1 Å². The number of benzene rings is 1. The van der Waals surface area contributed by atoms with Crippen molar-refractivity contribution in [1.29, 1.82) is 0 Å². The molecule has 2 aliphatic rings. The molecule has 0 unspecified atom stereocenters. The van der Waals surface area contributed by atoms with Gasteiger partial charge in [0.1, 0.15) is 11.9 Å². The fourth-order valence-electron chi connectivity index (χ4n) is 2.48. The third-order valence-corrected chi connectivity index (χ3v) is 5.33. The number of carbonyl (C=O) groups is 1. The highest BCUT2D eigenvalue weighted by molar-refractivity contribution is 7.90. The van der Waals surface area contributed by atoms with Crippen LogP contribution in [0.5, 0.6) is 0 Å². The number of carbonyl (C=O) groups excluding carboxylic acids is 1. The quantitative estimate of drug-likeness (QED) is 0.784. The number of sulfonamides is 1. The van der Waals surface area contributed by atoms with Crippen LogP contribution < -0.4 is 14.9 Å². The molecule has 23 heavy (non-hydrogen) atoms. The van der Waals surface area contributed by atoms with Crippen molar-refractivity contribution < 1.29 is 13.2 Å². The molecule has 1 fully saturated rings. The summed E-state index contributed by atoms with van der Waals surface area (Å²) in [6, 6.07) is 5.72. The number of thiocarbonyl (C=S) groups is 1. The van der Waals surface area contributed by atoms with Crippen molar-refractivity contribution in [3.63, 3.8) is 0 Å². The Bertz CT molecular complexity index is 804. The molecule has 0 aliphatic carbocycles. The zero-order valence-corrected chi connectivity index (χ0v) is 14.1. The van der Waals surface area contributed by atoms with Crippen molar-refractivity contribution in [1.82, 2.24) is 10.0 Å². The maximum atomic E-state index is 12.4. The van der Waals surface area contributed by atoms with E-state index in [1.807, 2.05) is 0 Å². The molecular formula is C14H16N4O3S2. The number of hydrogen-bond donors (Lipinski definition) is 2. The summed E-state index contributed by atoms with van der Waals surface area (Å²) in [5, 5.41) is 3.12. The van der Waals surface area contributed by atoms with Gasteiger partial charge in [0, 0.05) is 13.0 Å². The second-order valence-electron chi connectivity index (χ2n) is 5.38. The van der Waals surface area contributed by atoms with E-state index in [0.29, 0.717) is 24.5 Å². The Balaban J connectivity index is 1.91. The average Bonchev–Trinajstić information content (AvgIpc) is 3.08. The zero-order valence-electron chi connectivity index (χ0n) is 12.4. The normalized spacial score (nSPS) is 21.3. The lowest BCUT2D eigenvalue weighted by Gasteiger charge is -2.16. The highest BCUT2D eigenvalue weighted by Crippen LogP contribution is 2.23. The number of anilines is 1. The Morgan fingerprint density at radius 2 is 2.22 bits per heavy atom. The van der Waals surface area contributed by atoms with Gasteiger partial charge in [0.05, 0.1) is 10.6 Å². The second kappa shape index (κ2) is 5.89. The van der Waals surface area contributed by atoms with Gasteiger partial charge >= 0.3 is 0 Å². The number of hydrogen-bond acceptors (Lipinski definition) is 5. The van der Waals surface area contributed by atoms with Crippen molar-refractivity contribution in [3.05, 3.63) is 24.3 Å². The van der Waals surface area contributed by atoms with Crippen molar-refractivity contribution >= 4 is 44.8 Å². The molecule has 2 aliphatic heterocycles. The van der Waals surface area contributed by atoms with Gasteiger partial charge in [-0.05, 0) is 43.8 Å². The molecule has 0 spiro atoms. The molecule has 9 heteroatoms. The first-order valence-corrected chi connectivity index (χ1v) is 9.08. The zero-order chi connectivity index (χ0) is 16.6. The summed E-state index contributed by atoms with van der Waals surface area (Å²) in [5.74, 6) is 0.260. The van der Waals surface area contributed by atoms with Gasteiger partial charge in [-0.15, -0.1) is 0 Å². The molecule has 2 heterocycles. The van der Waals surface area contributed by atoms with Gasteiger partial charge in [0.25, 0.3) is 15.9 Å². The van der Waals surface area contributed by atoms with E-state index in [2.05, 4.69) is 15.0 Å². The van der Waals surface area contributed by atoms with E-state index < -0.39 is 16.1 Å². The summed E-state index contributed by atoms with van der Waals surface area (Å²) in [4.78, 5) is 17.6. The second-order valence-corrected chi connectivity index (χ2v) is 7.45. The average molecular weight is 352 g/mol. The largest absolute Gasteiger partial charge is 0.350 e. The first kappa shape index (κ1) is 15.9. The molecule has 1 aromatic rings. The van der Waals surface area contributed by atoms with Crippen LogP contribution >= 0.6 is 12.2 Å². The first-order chi connectivity index (χ1) is 10.9. The molecule has 0 saturated carbocycles. The van der Waals surface area contributed by atoms with Crippen LogP contribution in [0.2, 0.25) is 0 Å². The molecule has 1 atom stereocenters. The van der Waals surface area contributed by atoms with Gasteiger partial charge < -0.3 is 5.32 Å². The lowest BCUT2D eigenvalue weighted by Crippen LogP contribution is -2.32. The molecule has 2 N–H and O–H groups in total. The Morgan fingerprint density at radius 1 is 1.43 bits per heavy atom. The lowest BCUT2D eigenvalue weighted by atomic mass is 10.2. The standard InChI is InChI=1S/C14H16N4O3S2/c1-9-13(19)18(14(22)16-9)10-4-2-5-11(8-10)23(20,21)17-12-6-3-7-15-12/h2,4-5,8-9H,3,6-7H2,1H3,(H,15,17)(H,16,22)/t9-/m0/s1. The Hall–Kier alpha value is -2.00. The molecule has 7 nitrogen and oxygen atoms in total. The topological polar surface area (TPSA) is 90.9 Å².